The fourth-order valence-corrected chi connectivity index (χ4v) is 6.33. The Bertz CT molecular complexity index is 747. The highest BCUT2D eigenvalue weighted by Gasteiger charge is 2.65. The molecule has 0 amide bonds. The van der Waals surface area contributed by atoms with Crippen LogP contribution in [0.2, 0.25) is 0 Å². The molecule has 0 unspecified atom stereocenters. The molecule has 2 atom stereocenters. The van der Waals surface area contributed by atoms with E-state index in [1.54, 1.807) is 0 Å². The van der Waals surface area contributed by atoms with Gasteiger partial charge in [0.1, 0.15) is 17.3 Å². The van der Waals surface area contributed by atoms with Gasteiger partial charge in [0.05, 0.1) is 5.75 Å². The van der Waals surface area contributed by atoms with Crippen LogP contribution in [0.4, 0.5) is 0 Å². The predicted octanol–water partition coefficient (Wildman–Crippen LogP) is 2.71. The van der Waals surface area contributed by atoms with Crippen LogP contribution in [-0.2, 0) is 21.4 Å². The zero-order valence-electron chi connectivity index (χ0n) is 14.2. The summed E-state index contributed by atoms with van der Waals surface area (Å²) in [5.74, 6) is 1.84. The Morgan fingerprint density at radius 3 is 2.52 bits per heavy atom. The molecule has 1 aromatic heterocycles. The SMILES string of the molecule is Cc1cc(CNS(=O)(=O)C[C@@]23CC[C@@H](CC2=O)C3(C)C)c(C)o1. The second-order valence-corrected chi connectivity index (χ2v) is 9.49. The van der Waals surface area contributed by atoms with Crippen LogP contribution in [0.1, 0.15) is 50.2 Å². The molecule has 1 aromatic rings. The van der Waals surface area contributed by atoms with E-state index in [9.17, 15) is 13.2 Å². The lowest BCUT2D eigenvalue weighted by Gasteiger charge is -2.36. The monoisotopic (exact) mass is 339 g/mol. The van der Waals surface area contributed by atoms with Crippen LogP contribution in [-0.4, -0.2) is 20.0 Å². The number of rotatable bonds is 5. The van der Waals surface area contributed by atoms with E-state index in [4.69, 9.17) is 4.42 Å². The first-order valence-corrected chi connectivity index (χ1v) is 9.79. The standard InChI is InChI=1S/C17H25NO4S/c1-11-7-13(12(2)22-11)9-18-23(20,21)10-17-6-5-14(8-15(17)19)16(17,3)4/h7,14,18H,5-6,8-10H2,1-4H3/t14-,17-/m0/s1. The summed E-state index contributed by atoms with van der Waals surface area (Å²) in [6.07, 6.45) is 2.17. The highest BCUT2D eigenvalue weighted by Crippen LogP contribution is 2.64. The molecule has 0 spiro atoms. The number of sulfonamides is 1. The molecule has 2 saturated carbocycles. The number of Topliss-reactive ketones (excluding diaryl/α,β-unsaturated/α-hetero) is 1. The van der Waals surface area contributed by atoms with Crippen molar-refractivity contribution in [3.8, 4) is 0 Å². The maximum absolute atomic E-state index is 12.6. The number of hydrogen-bond acceptors (Lipinski definition) is 4. The highest BCUT2D eigenvalue weighted by molar-refractivity contribution is 7.89. The molecule has 2 fully saturated rings. The minimum Gasteiger partial charge on any atom is -0.466 e. The highest BCUT2D eigenvalue weighted by atomic mass is 32.2. The third-order valence-electron chi connectivity index (χ3n) is 6.20. The molecule has 2 bridgehead atoms. The van der Waals surface area contributed by atoms with Gasteiger partial charge in [0.15, 0.2) is 0 Å². The molecular weight excluding hydrogens is 314 g/mol. The maximum Gasteiger partial charge on any atom is 0.212 e. The van der Waals surface area contributed by atoms with E-state index in [0.29, 0.717) is 18.8 Å². The lowest BCUT2D eigenvalue weighted by Crippen LogP contribution is -2.45. The summed E-state index contributed by atoms with van der Waals surface area (Å²) < 4.78 is 33.3. The average molecular weight is 339 g/mol. The molecule has 23 heavy (non-hydrogen) atoms. The quantitative estimate of drug-likeness (QED) is 0.895. The minimum absolute atomic E-state index is 0.0990. The fourth-order valence-electron chi connectivity index (χ4n) is 4.53. The van der Waals surface area contributed by atoms with E-state index < -0.39 is 15.4 Å². The number of carbonyl (C=O) groups is 1. The van der Waals surface area contributed by atoms with Gasteiger partial charge in [-0.05, 0) is 44.1 Å². The van der Waals surface area contributed by atoms with Crippen molar-refractivity contribution in [1.29, 1.82) is 0 Å². The van der Waals surface area contributed by atoms with Gasteiger partial charge in [-0.1, -0.05) is 13.8 Å². The van der Waals surface area contributed by atoms with Gasteiger partial charge in [-0.15, -0.1) is 0 Å². The van der Waals surface area contributed by atoms with E-state index >= 15 is 0 Å². The average Bonchev–Trinajstić information content (AvgIpc) is 2.93. The molecule has 2 aliphatic carbocycles. The molecule has 0 saturated heterocycles. The van der Waals surface area contributed by atoms with Crippen LogP contribution in [0.5, 0.6) is 0 Å². The van der Waals surface area contributed by atoms with Crippen molar-refractivity contribution in [3.63, 3.8) is 0 Å². The van der Waals surface area contributed by atoms with Crippen LogP contribution >= 0.6 is 0 Å². The summed E-state index contributed by atoms with van der Waals surface area (Å²) in [4.78, 5) is 12.5. The molecule has 2 aliphatic rings. The van der Waals surface area contributed by atoms with Crippen molar-refractivity contribution in [3.05, 3.63) is 23.2 Å². The first-order valence-electron chi connectivity index (χ1n) is 8.14. The van der Waals surface area contributed by atoms with Crippen molar-refractivity contribution in [2.45, 2.75) is 53.5 Å². The van der Waals surface area contributed by atoms with Gasteiger partial charge in [0.2, 0.25) is 10.0 Å². The van der Waals surface area contributed by atoms with Crippen LogP contribution in [0.15, 0.2) is 10.5 Å². The number of nitrogens with one attached hydrogen (secondary N) is 1. The number of aryl methyl sites for hydroxylation is 2. The number of carbonyl (C=O) groups excluding carboxylic acids is 1. The van der Waals surface area contributed by atoms with E-state index in [1.807, 2.05) is 19.9 Å². The molecule has 5 nitrogen and oxygen atoms in total. The first kappa shape index (κ1) is 16.7. The van der Waals surface area contributed by atoms with Gasteiger partial charge in [-0.25, -0.2) is 13.1 Å². The lowest BCUT2D eigenvalue weighted by molar-refractivity contribution is -0.128. The summed E-state index contributed by atoms with van der Waals surface area (Å²) in [5.41, 5.74) is -0.115. The van der Waals surface area contributed by atoms with E-state index in [-0.39, 0.29) is 23.5 Å². The second kappa shape index (κ2) is 5.18. The van der Waals surface area contributed by atoms with Crippen molar-refractivity contribution >= 4 is 15.8 Å². The van der Waals surface area contributed by atoms with Crippen molar-refractivity contribution in [1.82, 2.24) is 4.72 Å². The van der Waals surface area contributed by atoms with Crippen LogP contribution in [0.3, 0.4) is 0 Å². The van der Waals surface area contributed by atoms with Crippen molar-refractivity contribution in [2.24, 2.45) is 16.7 Å². The van der Waals surface area contributed by atoms with Gasteiger partial charge in [0, 0.05) is 23.9 Å². The summed E-state index contributed by atoms with van der Waals surface area (Å²) in [6, 6.07) is 1.84. The summed E-state index contributed by atoms with van der Waals surface area (Å²) in [5, 5.41) is 0. The molecular formula is C17H25NO4S. The zero-order chi connectivity index (χ0) is 17.0. The van der Waals surface area contributed by atoms with Crippen LogP contribution < -0.4 is 4.72 Å². The molecule has 0 aromatic carbocycles. The molecule has 6 heteroatoms. The Morgan fingerprint density at radius 2 is 2.04 bits per heavy atom. The van der Waals surface area contributed by atoms with Gasteiger partial charge in [-0.2, -0.15) is 0 Å². The molecule has 3 rings (SSSR count). The Labute approximate surface area is 137 Å². The van der Waals surface area contributed by atoms with Gasteiger partial charge in [-0.3, -0.25) is 4.79 Å². The van der Waals surface area contributed by atoms with Crippen LogP contribution in [0, 0.1) is 30.6 Å². The first-order chi connectivity index (χ1) is 10.6. The minimum atomic E-state index is -3.53. The Balaban J connectivity index is 1.76. The van der Waals surface area contributed by atoms with Crippen LogP contribution in [0.25, 0.3) is 0 Å². The van der Waals surface area contributed by atoms with E-state index in [1.165, 1.54) is 0 Å². The Kier molecular flexibility index (Phi) is 3.76. The third kappa shape index (κ3) is 2.56. The third-order valence-corrected chi connectivity index (χ3v) is 7.66. The number of furan rings is 1. The van der Waals surface area contributed by atoms with Crippen molar-refractivity contribution in [2.75, 3.05) is 5.75 Å². The van der Waals surface area contributed by atoms with Gasteiger partial charge < -0.3 is 4.42 Å². The van der Waals surface area contributed by atoms with E-state index in [2.05, 4.69) is 18.6 Å². The molecule has 1 N–H and O–H groups in total. The molecule has 1 heterocycles. The molecule has 128 valence electrons. The second-order valence-electron chi connectivity index (χ2n) is 7.69. The summed E-state index contributed by atoms with van der Waals surface area (Å²) >= 11 is 0. The maximum atomic E-state index is 12.6. The number of hydrogen-bond donors (Lipinski definition) is 1. The normalized spacial score (nSPS) is 29.4. The van der Waals surface area contributed by atoms with E-state index in [0.717, 1.165) is 23.5 Å². The smallest absolute Gasteiger partial charge is 0.212 e. The zero-order valence-corrected chi connectivity index (χ0v) is 15.0. The van der Waals surface area contributed by atoms with Crippen molar-refractivity contribution < 1.29 is 17.6 Å². The summed E-state index contributed by atoms with van der Waals surface area (Å²) in [6.45, 7) is 7.96. The topological polar surface area (TPSA) is 76.4 Å². The number of ketones is 1. The van der Waals surface area contributed by atoms with Gasteiger partial charge >= 0.3 is 0 Å². The fraction of sp³-hybridized carbons (Fsp3) is 0.706. The predicted molar refractivity (Wildman–Crippen MR) is 87.4 cm³/mol. The Morgan fingerprint density at radius 1 is 1.35 bits per heavy atom. The molecule has 0 aliphatic heterocycles. The van der Waals surface area contributed by atoms with Gasteiger partial charge in [0.25, 0.3) is 0 Å². The largest absolute Gasteiger partial charge is 0.466 e. The number of fused-ring (bicyclic) bond motifs is 2. The molecule has 0 radical (unpaired) electrons. The lowest BCUT2D eigenvalue weighted by atomic mass is 9.70. The Hall–Kier alpha value is -1.14. The summed E-state index contributed by atoms with van der Waals surface area (Å²) in [7, 11) is -3.53.